The second-order valence-electron chi connectivity index (χ2n) is 6.92. The number of esters is 1. The van der Waals surface area contributed by atoms with Crippen molar-refractivity contribution in [2.24, 2.45) is 0 Å². The lowest BCUT2D eigenvalue weighted by Crippen LogP contribution is -2.31. The minimum absolute atomic E-state index is 0.104. The quantitative estimate of drug-likeness (QED) is 0.461. The van der Waals surface area contributed by atoms with E-state index >= 15 is 0 Å². The van der Waals surface area contributed by atoms with Crippen LogP contribution in [0.5, 0.6) is 0 Å². The van der Waals surface area contributed by atoms with Gasteiger partial charge in [-0.15, -0.1) is 11.3 Å². The van der Waals surface area contributed by atoms with Crippen molar-refractivity contribution >= 4 is 27.5 Å². The van der Waals surface area contributed by atoms with E-state index in [0.29, 0.717) is 29.1 Å². The first-order valence-corrected chi connectivity index (χ1v) is 10.4. The summed E-state index contributed by atoms with van der Waals surface area (Å²) in [5, 5.41) is 0.574. The van der Waals surface area contributed by atoms with Crippen molar-refractivity contribution in [3.8, 4) is 10.4 Å². The van der Waals surface area contributed by atoms with Gasteiger partial charge in [-0.25, -0.2) is 4.98 Å². The number of carbonyl (C=O) groups is 1. The minimum atomic E-state index is -0.336. The number of methoxy groups -OCH3 is 1. The van der Waals surface area contributed by atoms with E-state index in [9.17, 15) is 9.59 Å². The van der Waals surface area contributed by atoms with Crippen LogP contribution in [0.1, 0.15) is 11.4 Å². The summed E-state index contributed by atoms with van der Waals surface area (Å²) >= 11 is 1.49. The van der Waals surface area contributed by atoms with Crippen LogP contribution >= 0.6 is 11.3 Å². The van der Waals surface area contributed by atoms with Crippen LogP contribution in [0, 0.1) is 0 Å². The van der Waals surface area contributed by atoms with Crippen molar-refractivity contribution in [2.75, 3.05) is 13.7 Å². The molecule has 2 heterocycles. The molecule has 0 saturated heterocycles. The van der Waals surface area contributed by atoms with E-state index in [2.05, 4.69) is 9.97 Å². The Kier molecular flexibility index (Phi) is 6.02. The average Bonchev–Trinajstić information content (AvgIpc) is 3.20. The molecule has 4 aromatic rings. The summed E-state index contributed by atoms with van der Waals surface area (Å²) in [5.41, 5.74) is 1.94. The molecular formula is C23H21N3O3S. The highest BCUT2D eigenvalue weighted by molar-refractivity contribution is 7.21. The van der Waals surface area contributed by atoms with Crippen molar-refractivity contribution in [3.05, 3.63) is 88.5 Å². The number of thiophene rings is 1. The molecule has 0 unspecified atom stereocenters. The van der Waals surface area contributed by atoms with E-state index < -0.39 is 0 Å². The normalized spacial score (nSPS) is 11.1. The van der Waals surface area contributed by atoms with Crippen LogP contribution in [0.3, 0.4) is 0 Å². The fourth-order valence-corrected chi connectivity index (χ4v) is 4.32. The molecule has 2 aromatic heterocycles. The standard InChI is InChI=1S/C23H21N3O3S/c1-29-21(27)15-26(13-16-8-4-2-5-9-16)14-20-24-22(28)18-12-19(30-23(18)25-20)17-10-6-3-7-11-17/h2-12H,13-15H2,1H3,(H,24,25,28). The number of ether oxygens (including phenoxy) is 1. The lowest BCUT2D eigenvalue weighted by Gasteiger charge is -2.20. The van der Waals surface area contributed by atoms with Gasteiger partial charge >= 0.3 is 5.97 Å². The maximum atomic E-state index is 12.7. The predicted octanol–water partition coefficient (Wildman–Crippen LogP) is 3.83. The Morgan fingerprint density at radius 2 is 1.77 bits per heavy atom. The average molecular weight is 420 g/mol. The molecule has 0 atom stereocenters. The van der Waals surface area contributed by atoms with Gasteiger partial charge in [-0.05, 0) is 17.2 Å². The predicted molar refractivity (Wildman–Crippen MR) is 118 cm³/mol. The Balaban J connectivity index is 1.63. The van der Waals surface area contributed by atoms with Crippen LogP contribution in [-0.4, -0.2) is 34.5 Å². The lowest BCUT2D eigenvalue weighted by molar-refractivity contribution is -0.142. The second kappa shape index (κ2) is 9.02. The van der Waals surface area contributed by atoms with E-state index in [1.54, 1.807) is 0 Å². The van der Waals surface area contributed by atoms with E-state index in [1.165, 1.54) is 18.4 Å². The number of aromatic nitrogens is 2. The molecule has 4 rings (SSSR count). The first-order valence-electron chi connectivity index (χ1n) is 9.53. The summed E-state index contributed by atoms with van der Waals surface area (Å²) in [7, 11) is 1.37. The van der Waals surface area contributed by atoms with Gasteiger partial charge in [0, 0.05) is 11.4 Å². The van der Waals surface area contributed by atoms with Gasteiger partial charge in [-0.3, -0.25) is 14.5 Å². The fraction of sp³-hybridized carbons (Fsp3) is 0.174. The number of aromatic amines is 1. The van der Waals surface area contributed by atoms with Crippen molar-refractivity contribution < 1.29 is 9.53 Å². The summed E-state index contributed by atoms with van der Waals surface area (Å²) in [5.74, 6) is 0.186. The third-order valence-electron chi connectivity index (χ3n) is 4.71. The van der Waals surface area contributed by atoms with E-state index in [-0.39, 0.29) is 18.1 Å². The van der Waals surface area contributed by atoms with E-state index in [0.717, 1.165) is 16.0 Å². The number of nitrogens with one attached hydrogen (secondary N) is 1. The zero-order valence-electron chi connectivity index (χ0n) is 16.5. The van der Waals surface area contributed by atoms with Crippen molar-refractivity contribution in [3.63, 3.8) is 0 Å². The van der Waals surface area contributed by atoms with Crippen LogP contribution in [0.25, 0.3) is 20.7 Å². The number of fused-ring (bicyclic) bond motifs is 1. The van der Waals surface area contributed by atoms with Crippen LogP contribution < -0.4 is 5.56 Å². The van der Waals surface area contributed by atoms with Gasteiger partial charge in [0.15, 0.2) is 0 Å². The Morgan fingerprint density at radius 1 is 1.07 bits per heavy atom. The SMILES string of the molecule is COC(=O)CN(Cc1ccccc1)Cc1nc2sc(-c3ccccc3)cc2c(=O)[nH]1. The molecular weight excluding hydrogens is 398 g/mol. The smallest absolute Gasteiger partial charge is 0.319 e. The zero-order chi connectivity index (χ0) is 20.9. The molecule has 0 radical (unpaired) electrons. The van der Waals surface area contributed by atoms with Gasteiger partial charge in [-0.2, -0.15) is 0 Å². The van der Waals surface area contributed by atoms with Gasteiger partial charge in [0.2, 0.25) is 0 Å². The van der Waals surface area contributed by atoms with Crippen LogP contribution in [0.15, 0.2) is 71.5 Å². The van der Waals surface area contributed by atoms with Crippen molar-refractivity contribution in [2.45, 2.75) is 13.1 Å². The summed E-state index contributed by atoms with van der Waals surface area (Å²) < 4.78 is 4.83. The minimum Gasteiger partial charge on any atom is -0.468 e. The molecule has 0 aliphatic rings. The molecule has 30 heavy (non-hydrogen) atoms. The number of carbonyl (C=O) groups excluding carboxylic acids is 1. The Labute approximate surface area is 177 Å². The Hall–Kier alpha value is -3.29. The summed E-state index contributed by atoms with van der Waals surface area (Å²) in [4.78, 5) is 35.7. The third kappa shape index (κ3) is 4.64. The molecule has 0 fully saturated rings. The van der Waals surface area contributed by atoms with Gasteiger partial charge in [0.25, 0.3) is 5.56 Å². The maximum Gasteiger partial charge on any atom is 0.319 e. The molecule has 0 amide bonds. The van der Waals surface area contributed by atoms with Crippen molar-refractivity contribution in [1.29, 1.82) is 0 Å². The Bertz CT molecular complexity index is 1200. The fourth-order valence-electron chi connectivity index (χ4n) is 3.26. The highest BCUT2D eigenvalue weighted by Crippen LogP contribution is 2.30. The van der Waals surface area contributed by atoms with Crippen molar-refractivity contribution in [1.82, 2.24) is 14.9 Å². The Morgan fingerprint density at radius 3 is 2.47 bits per heavy atom. The van der Waals surface area contributed by atoms with Gasteiger partial charge in [0.1, 0.15) is 10.7 Å². The number of nitrogens with zero attached hydrogens (tertiary/aromatic N) is 2. The largest absolute Gasteiger partial charge is 0.468 e. The number of rotatable bonds is 7. The number of hydrogen-bond acceptors (Lipinski definition) is 6. The van der Waals surface area contributed by atoms with Crippen LogP contribution in [0.4, 0.5) is 0 Å². The molecule has 0 aliphatic carbocycles. The molecule has 1 N–H and O–H groups in total. The third-order valence-corrected chi connectivity index (χ3v) is 5.79. The molecule has 6 nitrogen and oxygen atoms in total. The molecule has 0 aliphatic heterocycles. The molecule has 0 bridgehead atoms. The number of H-pyrrole nitrogens is 1. The zero-order valence-corrected chi connectivity index (χ0v) is 17.3. The van der Waals surface area contributed by atoms with Gasteiger partial charge in [-0.1, -0.05) is 60.7 Å². The monoisotopic (exact) mass is 419 g/mol. The first-order chi connectivity index (χ1) is 14.6. The number of benzene rings is 2. The summed E-state index contributed by atoms with van der Waals surface area (Å²) in [6, 6.07) is 21.6. The molecule has 0 spiro atoms. The highest BCUT2D eigenvalue weighted by atomic mass is 32.1. The second-order valence-corrected chi connectivity index (χ2v) is 7.95. The summed E-state index contributed by atoms with van der Waals surface area (Å²) in [6.45, 7) is 0.970. The van der Waals surface area contributed by atoms with Gasteiger partial charge in [0.05, 0.1) is 25.6 Å². The van der Waals surface area contributed by atoms with E-state index in [1.807, 2.05) is 71.6 Å². The molecule has 7 heteroatoms. The lowest BCUT2D eigenvalue weighted by atomic mass is 10.2. The van der Waals surface area contributed by atoms with E-state index in [4.69, 9.17) is 4.74 Å². The highest BCUT2D eigenvalue weighted by Gasteiger charge is 2.16. The number of hydrogen-bond donors (Lipinski definition) is 1. The first kappa shape index (κ1) is 20.0. The van der Waals surface area contributed by atoms with Crippen LogP contribution in [-0.2, 0) is 22.6 Å². The summed E-state index contributed by atoms with van der Waals surface area (Å²) in [6.07, 6.45) is 0. The molecule has 0 saturated carbocycles. The van der Waals surface area contributed by atoms with Crippen LogP contribution in [0.2, 0.25) is 0 Å². The topological polar surface area (TPSA) is 75.3 Å². The molecule has 152 valence electrons. The van der Waals surface area contributed by atoms with Gasteiger partial charge < -0.3 is 9.72 Å². The maximum absolute atomic E-state index is 12.7. The molecule has 2 aromatic carbocycles.